The molecule has 2 aromatic carbocycles. The monoisotopic (exact) mass is 357 g/mol. The molecule has 26 heavy (non-hydrogen) atoms. The van der Waals surface area contributed by atoms with E-state index in [0.717, 1.165) is 22.4 Å². The molecule has 0 saturated carbocycles. The lowest BCUT2D eigenvalue weighted by molar-refractivity contribution is 0.0481. The molecule has 0 aliphatic carbocycles. The SMILES string of the molecule is Cc1cc(OCc2ccccc2)ccc1C(CO)NC(=O)OC(C)(C)C. The smallest absolute Gasteiger partial charge is 0.408 e. The molecule has 5 nitrogen and oxygen atoms in total. The van der Waals surface area contributed by atoms with Gasteiger partial charge in [-0.2, -0.15) is 0 Å². The lowest BCUT2D eigenvalue weighted by Crippen LogP contribution is -2.36. The van der Waals surface area contributed by atoms with E-state index < -0.39 is 17.7 Å². The van der Waals surface area contributed by atoms with Crippen LogP contribution in [-0.4, -0.2) is 23.4 Å². The molecule has 0 bridgehead atoms. The number of rotatable bonds is 6. The predicted octanol–water partition coefficient (Wildman–Crippen LogP) is 4.13. The van der Waals surface area contributed by atoms with Gasteiger partial charge in [-0.3, -0.25) is 0 Å². The quantitative estimate of drug-likeness (QED) is 0.816. The number of benzene rings is 2. The molecule has 1 unspecified atom stereocenters. The summed E-state index contributed by atoms with van der Waals surface area (Å²) in [6.45, 7) is 7.58. The van der Waals surface area contributed by atoms with Gasteiger partial charge in [-0.25, -0.2) is 4.79 Å². The van der Waals surface area contributed by atoms with Crippen molar-refractivity contribution in [3.63, 3.8) is 0 Å². The van der Waals surface area contributed by atoms with Crippen LogP contribution in [0, 0.1) is 6.92 Å². The topological polar surface area (TPSA) is 67.8 Å². The molecule has 0 aliphatic rings. The van der Waals surface area contributed by atoms with E-state index in [1.54, 1.807) is 20.8 Å². The molecule has 0 aromatic heterocycles. The van der Waals surface area contributed by atoms with Gasteiger partial charge in [0.15, 0.2) is 0 Å². The van der Waals surface area contributed by atoms with Crippen molar-refractivity contribution in [2.45, 2.75) is 45.9 Å². The van der Waals surface area contributed by atoms with Crippen LogP contribution < -0.4 is 10.1 Å². The van der Waals surface area contributed by atoms with Gasteiger partial charge in [-0.1, -0.05) is 36.4 Å². The molecule has 2 N–H and O–H groups in total. The maximum Gasteiger partial charge on any atom is 0.408 e. The average Bonchev–Trinajstić information content (AvgIpc) is 2.58. The minimum atomic E-state index is -0.589. The van der Waals surface area contributed by atoms with Crippen LogP contribution >= 0.6 is 0 Å². The highest BCUT2D eigenvalue weighted by Gasteiger charge is 2.21. The van der Waals surface area contributed by atoms with Gasteiger partial charge >= 0.3 is 6.09 Å². The van der Waals surface area contributed by atoms with Crippen LogP contribution in [-0.2, 0) is 11.3 Å². The van der Waals surface area contributed by atoms with Crippen molar-refractivity contribution in [3.8, 4) is 5.75 Å². The summed E-state index contributed by atoms with van der Waals surface area (Å²) >= 11 is 0. The number of aryl methyl sites for hydroxylation is 1. The Kier molecular flexibility index (Phi) is 6.64. The number of aliphatic hydroxyl groups is 1. The first kappa shape index (κ1) is 19.8. The maximum absolute atomic E-state index is 12.0. The molecule has 0 spiro atoms. The van der Waals surface area contributed by atoms with Crippen molar-refractivity contribution in [3.05, 3.63) is 65.2 Å². The van der Waals surface area contributed by atoms with E-state index in [1.807, 2.05) is 55.5 Å². The molecule has 0 saturated heterocycles. The van der Waals surface area contributed by atoms with Crippen LogP contribution in [0.2, 0.25) is 0 Å². The van der Waals surface area contributed by atoms with Crippen molar-refractivity contribution in [2.24, 2.45) is 0 Å². The molecule has 1 atom stereocenters. The number of ether oxygens (including phenoxy) is 2. The molecule has 2 aromatic rings. The van der Waals surface area contributed by atoms with E-state index >= 15 is 0 Å². The predicted molar refractivity (Wildman–Crippen MR) is 101 cm³/mol. The Morgan fingerprint density at radius 3 is 2.42 bits per heavy atom. The van der Waals surface area contributed by atoms with Gasteiger partial charge in [0.1, 0.15) is 18.0 Å². The fraction of sp³-hybridized carbons (Fsp3) is 0.381. The summed E-state index contributed by atoms with van der Waals surface area (Å²) in [5, 5.41) is 12.4. The molecule has 0 aliphatic heterocycles. The van der Waals surface area contributed by atoms with Crippen LogP contribution in [0.1, 0.15) is 43.5 Å². The van der Waals surface area contributed by atoms with E-state index in [9.17, 15) is 9.90 Å². The minimum absolute atomic E-state index is 0.218. The zero-order valence-corrected chi connectivity index (χ0v) is 15.8. The Balaban J connectivity index is 2.03. The molecule has 0 heterocycles. The zero-order chi connectivity index (χ0) is 19.2. The van der Waals surface area contributed by atoms with Gasteiger partial charge < -0.3 is 19.9 Å². The van der Waals surface area contributed by atoms with E-state index in [1.165, 1.54) is 0 Å². The van der Waals surface area contributed by atoms with Crippen LogP contribution in [0.15, 0.2) is 48.5 Å². The summed E-state index contributed by atoms with van der Waals surface area (Å²) in [6, 6.07) is 15.0. The number of nitrogens with one attached hydrogen (secondary N) is 1. The number of amides is 1. The third-order valence-corrected chi connectivity index (χ3v) is 3.74. The average molecular weight is 357 g/mol. The molecular formula is C21H27NO4. The highest BCUT2D eigenvalue weighted by Crippen LogP contribution is 2.24. The van der Waals surface area contributed by atoms with Crippen molar-refractivity contribution < 1.29 is 19.4 Å². The van der Waals surface area contributed by atoms with Crippen LogP contribution in [0.4, 0.5) is 4.79 Å². The minimum Gasteiger partial charge on any atom is -0.489 e. The third-order valence-electron chi connectivity index (χ3n) is 3.74. The van der Waals surface area contributed by atoms with Crippen molar-refractivity contribution in [1.82, 2.24) is 5.32 Å². The lowest BCUT2D eigenvalue weighted by Gasteiger charge is -2.24. The largest absolute Gasteiger partial charge is 0.489 e. The first-order valence-electron chi connectivity index (χ1n) is 8.66. The fourth-order valence-electron chi connectivity index (χ4n) is 2.54. The summed E-state index contributed by atoms with van der Waals surface area (Å²) in [5.41, 5.74) is 2.25. The van der Waals surface area contributed by atoms with Gasteiger partial charge in [0, 0.05) is 0 Å². The van der Waals surface area contributed by atoms with Crippen LogP contribution in [0.5, 0.6) is 5.75 Å². The second kappa shape index (κ2) is 8.72. The highest BCUT2D eigenvalue weighted by atomic mass is 16.6. The number of alkyl carbamates (subject to hydrolysis) is 1. The Morgan fingerprint density at radius 2 is 1.85 bits per heavy atom. The van der Waals surface area contributed by atoms with Gasteiger partial charge in [0.05, 0.1) is 12.6 Å². The fourth-order valence-corrected chi connectivity index (χ4v) is 2.54. The molecule has 140 valence electrons. The van der Waals surface area contributed by atoms with E-state index in [4.69, 9.17) is 9.47 Å². The number of carbonyl (C=O) groups excluding carboxylic acids is 1. The summed E-state index contributed by atoms with van der Waals surface area (Å²) < 4.78 is 11.1. The summed E-state index contributed by atoms with van der Waals surface area (Å²) in [4.78, 5) is 12.0. The Bertz CT molecular complexity index is 723. The third kappa shape index (κ3) is 6.08. The Morgan fingerprint density at radius 1 is 1.15 bits per heavy atom. The summed E-state index contributed by atoms with van der Waals surface area (Å²) in [6.07, 6.45) is -0.555. The normalized spacial score (nSPS) is 12.3. The lowest BCUT2D eigenvalue weighted by atomic mass is 10.0. The van der Waals surface area contributed by atoms with Crippen LogP contribution in [0.25, 0.3) is 0 Å². The molecule has 0 fully saturated rings. The number of hydrogen-bond donors (Lipinski definition) is 2. The van der Waals surface area contributed by atoms with Gasteiger partial charge in [0.2, 0.25) is 0 Å². The van der Waals surface area contributed by atoms with Gasteiger partial charge in [-0.15, -0.1) is 0 Å². The van der Waals surface area contributed by atoms with E-state index in [-0.39, 0.29) is 6.61 Å². The van der Waals surface area contributed by atoms with Crippen molar-refractivity contribution in [2.75, 3.05) is 6.61 Å². The van der Waals surface area contributed by atoms with E-state index in [0.29, 0.717) is 6.61 Å². The second-order valence-electron chi connectivity index (χ2n) is 7.17. The van der Waals surface area contributed by atoms with Crippen molar-refractivity contribution in [1.29, 1.82) is 0 Å². The van der Waals surface area contributed by atoms with Gasteiger partial charge in [0.25, 0.3) is 0 Å². The molecule has 1 amide bonds. The highest BCUT2D eigenvalue weighted by molar-refractivity contribution is 5.68. The first-order valence-corrected chi connectivity index (χ1v) is 8.66. The first-order chi connectivity index (χ1) is 12.3. The zero-order valence-electron chi connectivity index (χ0n) is 15.8. The number of carbonyl (C=O) groups is 1. The standard InChI is InChI=1S/C21H27NO4/c1-15-12-17(25-14-16-8-6-5-7-9-16)10-11-18(15)19(13-23)22-20(24)26-21(2,3)4/h5-12,19,23H,13-14H2,1-4H3,(H,22,24). The van der Waals surface area contributed by atoms with Crippen LogP contribution in [0.3, 0.4) is 0 Å². The Labute approximate surface area is 155 Å². The molecular weight excluding hydrogens is 330 g/mol. The maximum atomic E-state index is 12.0. The summed E-state index contributed by atoms with van der Waals surface area (Å²) in [7, 11) is 0. The number of aliphatic hydroxyl groups excluding tert-OH is 1. The Hall–Kier alpha value is -2.53. The van der Waals surface area contributed by atoms with Crippen molar-refractivity contribution >= 4 is 6.09 Å². The number of hydrogen-bond acceptors (Lipinski definition) is 4. The summed E-state index contributed by atoms with van der Waals surface area (Å²) in [5.74, 6) is 0.740. The van der Waals surface area contributed by atoms with E-state index in [2.05, 4.69) is 5.32 Å². The molecule has 5 heteroatoms. The molecule has 2 rings (SSSR count). The molecule has 0 radical (unpaired) electrons. The second-order valence-corrected chi connectivity index (χ2v) is 7.17. The van der Waals surface area contributed by atoms with Gasteiger partial charge in [-0.05, 0) is 56.5 Å².